The summed E-state index contributed by atoms with van der Waals surface area (Å²) in [5.41, 5.74) is 5.56. The van der Waals surface area contributed by atoms with Gasteiger partial charge in [0.15, 0.2) is 11.5 Å². The normalized spacial score (nSPS) is 10.4. The number of thioether (sulfide) groups is 1. The molecular weight excluding hydrogens is 460 g/mol. The second-order valence-electron chi connectivity index (χ2n) is 6.09. The van der Waals surface area contributed by atoms with E-state index in [4.69, 9.17) is 30.2 Å². The Morgan fingerprint density at radius 2 is 1.66 bits per heavy atom. The molecule has 0 unspecified atom stereocenters. The van der Waals surface area contributed by atoms with E-state index in [9.17, 15) is 9.59 Å². The van der Waals surface area contributed by atoms with Crippen molar-refractivity contribution >= 4 is 35.2 Å². The van der Waals surface area contributed by atoms with Crippen LogP contribution < -0.4 is 25.1 Å². The number of carbonyl (C=O) groups excluding carboxylic acids is 2. The third kappa shape index (κ3) is 5.62. The summed E-state index contributed by atoms with van der Waals surface area (Å²) in [7, 11) is 4.33. The van der Waals surface area contributed by atoms with E-state index in [-0.39, 0.29) is 16.5 Å². The van der Waals surface area contributed by atoms with E-state index in [0.29, 0.717) is 33.7 Å². The van der Waals surface area contributed by atoms with Gasteiger partial charge in [-0.2, -0.15) is 0 Å². The molecule has 0 aliphatic carbocycles. The van der Waals surface area contributed by atoms with Gasteiger partial charge in [-0.25, -0.2) is 0 Å². The highest BCUT2D eigenvalue weighted by atomic mass is 35.5. The van der Waals surface area contributed by atoms with Crippen molar-refractivity contribution in [3.8, 4) is 28.7 Å². The number of aromatic nitrogens is 2. The molecule has 1 aromatic heterocycles. The van der Waals surface area contributed by atoms with Crippen molar-refractivity contribution in [2.75, 3.05) is 27.1 Å². The minimum atomic E-state index is -0.564. The first-order valence-electron chi connectivity index (χ1n) is 9.06. The molecule has 2 amide bonds. The molecule has 2 aromatic carbocycles. The van der Waals surface area contributed by atoms with Crippen molar-refractivity contribution in [3.05, 3.63) is 47.0 Å². The van der Waals surface area contributed by atoms with Crippen LogP contribution in [0.2, 0.25) is 5.02 Å². The van der Waals surface area contributed by atoms with Crippen LogP contribution >= 0.6 is 23.4 Å². The third-order valence-corrected chi connectivity index (χ3v) is 5.14. The van der Waals surface area contributed by atoms with Crippen LogP contribution in [0.3, 0.4) is 0 Å². The SMILES string of the molecule is COc1cc(C(=O)NNC(=O)CSc2nnc(-c3ccc(Cl)cc3)o2)cc(OC)c1OC. The second kappa shape index (κ2) is 10.7. The summed E-state index contributed by atoms with van der Waals surface area (Å²) in [6.45, 7) is 0. The predicted octanol–water partition coefficient (Wildman–Crippen LogP) is 2.97. The number of hydrogen-bond donors (Lipinski definition) is 2. The molecule has 12 heteroatoms. The van der Waals surface area contributed by atoms with Crippen molar-refractivity contribution < 1.29 is 28.2 Å². The summed E-state index contributed by atoms with van der Waals surface area (Å²) >= 11 is 6.89. The number of benzene rings is 2. The fourth-order valence-corrected chi connectivity index (χ4v) is 3.24. The number of carbonyl (C=O) groups is 2. The van der Waals surface area contributed by atoms with Crippen LogP contribution in [0.25, 0.3) is 11.5 Å². The summed E-state index contributed by atoms with van der Waals surface area (Å²) in [5, 5.41) is 8.63. The van der Waals surface area contributed by atoms with Crippen LogP contribution in [-0.2, 0) is 4.79 Å². The van der Waals surface area contributed by atoms with Gasteiger partial charge in [0.2, 0.25) is 17.5 Å². The minimum absolute atomic E-state index is 0.0578. The zero-order valence-electron chi connectivity index (χ0n) is 17.3. The van der Waals surface area contributed by atoms with Crippen molar-refractivity contribution in [1.29, 1.82) is 0 Å². The fourth-order valence-electron chi connectivity index (χ4n) is 2.55. The Hall–Kier alpha value is -3.44. The Labute approximate surface area is 192 Å². The zero-order chi connectivity index (χ0) is 23.1. The topological polar surface area (TPSA) is 125 Å². The summed E-state index contributed by atoms with van der Waals surface area (Å²) in [4.78, 5) is 24.5. The highest BCUT2D eigenvalue weighted by Crippen LogP contribution is 2.38. The van der Waals surface area contributed by atoms with Gasteiger partial charge < -0.3 is 18.6 Å². The average molecular weight is 479 g/mol. The standard InChI is InChI=1S/C20H19ClN4O6S/c1-28-14-8-12(9-15(29-2)17(14)30-3)18(27)23-22-16(26)10-32-20-25-24-19(31-20)11-4-6-13(21)7-5-11/h4-9H,10H2,1-3H3,(H,22,26)(H,23,27). The molecule has 0 saturated carbocycles. The Kier molecular flexibility index (Phi) is 7.79. The molecule has 0 radical (unpaired) electrons. The number of nitrogens with zero attached hydrogens (tertiary/aromatic N) is 2. The number of halogens is 1. The molecule has 0 aliphatic heterocycles. The van der Waals surface area contributed by atoms with Gasteiger partial charge in [-0.15, -0.1) is 10.2 Å². The molecule has 0 fully saturated rings. The van der Waals surface area contributed by atoms with Gasteiger partial charge in [0.1, 0.15) is 0 Å². The molecule has 0 saturated heterocycles. The number of nitrogens with one attached hydrogen (secondary N) is 2. The van der Waals surface area contributed by atoms with E-state index in [1.54, 1.807) is 24.3 Å². The Morgan fingerprint density at radius 3 is 2.25 bits per heavy atom. The Balaban J connectivity index is 1.54. The number of methoxy groups -OCH3 is 3. The summed E-state index contributed by atoms with van der Waals surface area (Å²) in [6.07, 6.45) is 0. The number of rotatable bonds is 8. The van der Waals surface area contributed by atoms with Gasteiger partial charge in [0.25, 0.3) is 11.1 Å². The highest BCUT2D eigenvalue weighted by Gasteiger charge is 2.18. The van der Waals surface area contributed by atoms with Gasteiger partial charge in [-0.3, -0.25) is 20.4 Å². The van der Waals surface area contributed by atoms with Gasteiger partial charge in [0.05, 0.1) is 27.1 Å². The van der Waals surface area contributed by atoms with Crippen LogP contribution in [-0.4, -0.2) is 49.1 Å². The predicted molar refractivity (Wildman–Crippen MR) is 117 cm³/mol. The lowest BCUT2D eigenvalue weighted by Gasteiger charge is -2.14. The maximum atomic E-state index is 12.4. The van der Waals surface area contributed by atoms with Gasteiger partial charge in [-0.1, -0.05) is 23.4 Å². The lowest BCUT2D eigenvalue weighted by molar-refractivity contribution is -0.119. The summed E-state index contributed by atoms with van der Waals surface area (Å²) < 4.78 is 21.2. The highest BCUT2D eigenvalue weighted by molar-refractivity contribution is 7.99. The molecule has 1 heterocycles. The van der Waals surface area contributed by atoms with Crippen LogP contribution in [0.1, 0.15) is 10.4 Å². The number of hydrazine groups is 1. The molecule has 0 aliphatic rings. The quantitative estimate of drug-likeness (QED) is 0.371. The Morgan fingerprint density at radius 1 is 1.00 bits per heavy atom. The second-order valence-corrected chi connectivity index (χ2v) is 7.45. The molecule has 2 N–H and O–H groups in total. The molecule has 3 rings (SSSR count). The van der Waals surface area contributed by atoms with Gasteiger partial charge >= 0.3 is 0 Å². The third-order valence-electron chi connectivity index (χ3n) is 4.07. The zero-order valence-corrected chi connectivity index (χ0v) is 18.9. The molecule has 0 atom stereocenters. The molecule has 0 bridgehead atoms. The average Bonchev–Trinajstić information content (AvgIpc) is 3.29. The number of ether oxygens (including phenoxy) is 3. The van der Waals surface area contributed by atoms with Crippen molar-refractivity contribution in [2.45, 2.75) is 5.22 Å². The van der Waals surface area contributed by atoms with Crippen LogP contribution in [0.4, 0.5) is 0 Å². The van der Waals surface area contributed by atoms with Crippen LogP contribution in [0, 0.1) is 0 Å². The first-order valence-corrected chi connectivity index (χ1v) is 10.4. The van der Waals surface area contributed by atoms with Gasteiger partial charge in [-0.05, 0) is 36.4 Å². The van der Waals surface area contributed by atoms with E-state index in [0.717, 1.165) is 11.8 Å². The summed E-state index contributed by atoms with van der Waals surface area (Å²) in [6, 6.07) is 9.84. The monoisotopic (exact) mass is 478 g/mol. The molecule has 10 nitrogen and oxygen atoms in total. The maximum absolute atomic E-state index is 12.4. The van der Waals surface area contributed by atoms with Crippen molar-refractivity contribution in [3.63, 3.8) is 0 Å². The molecular formula is C20H19ClN4O6S. The first-order chi connectivity index (χ1) is 15.4. The summed E-state index contributed by atoms with van der Waals surface area (Å²) in [5.74, 6) is 0.188. The minimum Gasteiger partial charge on any atom is -0.493 e. The molecule has 32 heavy (non-hydrogen) atoms. The smallest absolute Gasteiger partial charge is 0.277 e. The van der Waals surface area contributed by atoms with Crippen LogP contribution in [0.5, 0.6) is 17.2 Å². The van der Waals surface area contributed by atoms with Crippen molar-refractivity contribution in [2.24, 2.45) is 0 Å². The first kappa shape index (κ1) is 23.2. The van der Waals surface area contributed by atoms with E-state index >= 15 is 0 Å². The maximum Gasteiger partial charge on any atom is 0.277 e. The lowest BCUT2D eigenvalue weighted by Crippen LogP contribution is -2.42. The number of amides is 2. The lowest BCUT2D eigenvalue weighted by atomic mass is 10.1. The van der Waals surface area contributed by atoms with E-state index < -0.39 is 11.8 Å². The van der Waals surface area contributed by atoms with Crippen molar-refractivity contribution in [1.82, 2.24) is 21.0 Å². The van der Waals surface area contributed by atoms with E-state index in [2.05, 4.69) is 21.0 Å². The fraction of sp³-hybridized carbons (Fsp3) is 0.200. The van der Waals surface area contributed by atoms with Gasteiger partial charge in [0, 0.05) is 16.1 Å². The van der Waals surface area contributed by atoms with Crippen LogP contribution in [0.15, 0.2) is 46.0 Å². The molecule has 168 valence electrons. The Bertz CT molecular complexity index is 1080. The van der Waals surface area contributed by atoms with E-state index in [1.165, 1.54) is 33.5 Å². The molecule has 0 spiro atoms. The molecule has 3 aromatic rings. The largest absolute Gasteiger partial charge is 0.493 e. The number of hydrogen-bond acceptors (Lipinski definition) is 9. The van der Waals surface area contributed by atoms with E-state index in [1.807, 2.05) is 0 Å².